The quantitative estimate of drug-likeness (QED) is 0.784. The molecule has 0 saturated carbocycles. The largest absolute Gasteiger partial charge is 0.416 e. The second-order valence-corrected chi connectivity index (χ2v) is 7.14. The molecule has 1 atom stereocenters. The Hall–Kier alpha value is -1.08. The molecule has 120 valence electrons. The van der Waals surface area contributed by atoms with E-state index in [9.17, 15) is 21.6 Å². The van der Waals surface area contributed by atoms with Crippen LogP contribution >= 0.6 is 0 Å². The summed E-state index contributed by atoms with van der Waals surface area (Å²) in [6.07, 6.45) is -2.35. The maximum Gasteiger partial charge on any atom is 0.416 e. The molecule has 7 heteroatoms. The summed E-state index contributed by atoms with van der Waals surface area (Å²) in [5, 5.41) is 3.06. The van der Waals surface area contributed by atoms with Gasteiger partial charge in [0, 0.05) is 6.04 Å². The highest BCUT2D eigenvalue weighted by molar-refractivity contribution is 7.91. The lowest BCUT2D eigenvalue weighted by Gasteiger charge is -2.10. The van der Waals surface area contributed by atoms with Gasteiger partial charge in [0.1, 0.15) is 0 Å². The summed E-state index contributed by atoms with van der Waals surface area (Å²) in [7, 11) is -1.68. The average Bonchev–Trinajstić information content (AvgIpc) is 2.42. The van der Waals surface area contributed by atoms with Crippen molar-refractivity contribution in [1.82, 2.24) is 5.32 Å². The van der Waals surface area contributed by atoms with Crippen LogP contribution in [-0.4, -0.2) is 27.3 Å². The zero-order valence-electron chi connectivity index (χ0n) is 12.1. The number of hydrogen-bond acceptors (Lipinski definition) is 3. The normalized spacial score (nSPS) is 14.1. The van der Waals surface area contributed by atoms with E-state index in [0.717, 1.165) is 37.1 Å². The standard InChI is InChI=1S/C14H20F3NO2S/c1-11(18-2)5-3-4-10-21(19,20)13-8-6-12(7-9-13)14(15,16)17/h6-9,11,18H,3-5,10H2,1-2H3. The number of alkyl halides is 3. The van der Waals surface area contributed by atoms with E-state index in [1.54, 1.807) is 0 Å². The smallest absolute Gasteiger partial charge is 0.317 e. The minimum Gasteiger partial charge on any atom is -0.317 e. The highest BCUT2D eigenvalue weighted by atomic mass is 32.2. The minimum absolute atomic E-state index is 0.0468. The van der Waals surface area contributed by atoms with Crippen LogP contribution < -0.4 is 5.32 Å². The van der Waals surface area contributed by atoms with Crippen molar-refractivity contribution in [3.8, 4) is 0 Å². The van der Waals surface area contributed by atoms with E-state index >= 15 is 0 Å². The van der Waals surface area contributed by atoms with Crippen LogP contribution in [0.15, 0.2) is 29.2 Å². The van der Waals surface area contributed by atoms with E-state index in [1.807, 2.05) is 14.0 Å². The van der Waals surface area contributed by atoms with E-state index in [2.05, 4.69) is 5.32 Å². The topological polar surface area (TPSA) is 46.2 Å². The summed E-state index contributed by atoms with van der Waals surface area (Å²) < 4.78 is 61.3. The summed E-state index contributed by atoms with van der Waals surface area (Å²) in [4.78, 5) is -0.0582. The molecule has 0 amide bonds. The van der Waals surface area contributed by atoms with Gasteiger partial charge in [0.05, 0.1) is 16.2 Å². The van der Waals surface area contributed by atoms with Crippen molar-refractivity contribution in [2.24, 2.45) is 0 Å². The second-order valence-electron chi connectivity index (χ2n) is 5.03. The van der Waals surface area contributed by atoms with E-state index in [1.165, 1.54) is 0 Å². The Morgan fingerprint density at radius 3 is 2.19 bits per heavy atom. The van der Waals surface area contributed by atoms with E-state index in [-0.39, 0.29) is 10.6 Å². The molecule has 0 radical (unpaired) electrons. The van der Waals surface area contributed by atoms with E-state index < -0.39 is 21.6 Å². The van der Waals surface area contributed by atoms with Gasteiger partial charge in [0.15, 0.2) is 9.84 Å². The van der Waals surface area contributed by atoms with Crippen LogP contribution in [-0.2, 0) is 16.0 Å². The molecule has 0 spiro atoms. The summed E-state index contributed by atoms with van der Waals surface area (Å²) in [5.41, 5.74) is -0.843. The number of hydrogen-bond donors (Lipinski definition) is 1. The molecule has 0 saturated heterocycles. The molecule has 0 heterocycles. The average molecular weight is 323 g/mol. The van der Waals surface area contributed by atoms with Crippen LogP contribution in [0.3, 0.4) is 0 Å². The first-order chi connectivity index (χ1) is 9.66. The molecular formula is C14H20F3NO2S. The number of halogens is 3. The molecule has 1 aromatic rings. The van der Waals surface area contributed by atoms with Crippen molar-refractivity contribution >= 4 is 9.84 Å². The van der Waals surface area contributed by atoms with Gasteiger partial charge in [-0.25, -0.2) is 8.42 Å². The molecule has 1 unspecified atom stereocenters. The maximum atomic E-state index is 12.4. The zero-order chi connectivity index (χ0) is 16.1. The Morgan fingerprint density at radius 1 is 1.14 bits per heavy atom. The Kier molecular flexibility index (Phi) is 6.22. The molecule has 0 aliphatic rings. The fourth-order valence-electron chi connectivity index (χ4n) is 1.86. The van der Waals surface area contributed by atoms with Crippen LogP contribution in [0, 0.1) is 0 Å². The number of rotatable bonds is 7. The molecule has 1 rings (SSSR count). The minimum atomic E-state index is -4.45. The van der Waals surface area contributed by atoms with Crippen LogP contribution in [0.5, 0.6) is 0 Å². The number of nitrogens with one attached hydrogen (secondary N) is 1. The van der Waals surface area contributed by atoms with Gasteiger partial charge in [0.25, 0.3) is 0 Å². The predicted octanol–water partition coefficient (Wildman–Crippen LogP) is 3.26. The fourth-order valence-corrected chi connectivity index (χ4v) is 3.23. The SMILES string of the molecule is CNC(C)CCCCS(=O)(=O)c1ccc(C(F)(F)F)cc1. The van der Waals surface area contributed by atoms with Crippen molar-refractivity contribution in [1.29, 1.82) is 0 Å². The Balaban J connectivity index is 2.62. The summed E-state index contributed by atoms with van der Waals surface area (Å²) in [6, 6.07) is 3.97. The molecular weight excluding hydrogens is 303 g/mol. The third kappa shape index (κ3) is 5.67. The van der Waals surface area contributed by atoms with Crippen LogP contribution in [0.25, 0.3) is 0 Å². The van der Waals surface area contributed by atoms with E-state index in [0.29, 0.717) is 12.5 Å². The van der Waals surface area contributed by atoms with Gasteiger partial charge in [-0.1, -0.05) is 6.42 Å². The van der Waals surface area contributed by atoms with Crippen LogP contribution in [0.2, 0.25) is 0 Å². The number of benzene rings is 1. The maximum absolute atomic E-state index is 12.4. The fraction of sp³-hybridized carbons (Fsp3) is 0.571. The van der Waals surface area contributed by atoms with Gasteiger partial charge >= 0.3 is 6.18 Å². The third-order valence-corrected chi connectivity index (χ3v) is 5.15. The highest BCUT2D eigenvalue weighted by Gasteiger charge is 2.30. The first kappa shape index (κ1) is 18.0. The van der Waals surface area contributed by atoms with Gasteiger partial charge in [-0.05, 0) is 51.1 Å². The molecule has 0 aliphatic carbocycles. The first-order valence-electron chi connectivity index (χ1n) is 6.74. The lowest BCUT2D eigenvalue weighted by Crippen LogP contribution is -2.21. The van der Waals surface area contributed by atoms with Gasteiger partial charge in [-0.15, -0.1) is 0 Å². The summed E-state index contributed by atoms with van der Waals surface area (Å²) >= 11 is 0. The van der Waals surface area contributed by atoms with Crippen molar-refractivity contribution in [3.63, 3.8) is 0 Å². The molecule has 3 nitrogen and oxygen atoms in total. The molecule has 1 aromatic carbocycles. The first-order valence-corrected chi connectivity index (χ1v) is 8.39. The zero-order valence-corrected chi connectivity index (χ0v) is 12.9. The van der Waals surface area contributed by atoms with Gasteiger partial charge < -0.3 is 5.32 Å². The third-order valence-electron chi connectivity index (χ3n) is 3.33. The lowest BCUT2D eigenvalue weighted by molar-refractivity contribution is -0.137. The van der Waals surface area contributed by atoms with Crippen molar-refractivity contribution in [2.45, 2.75) is 43.3 Å². The predicted molar refractivity (Wildman–Crippen MR) is 75.9 cm³/mol. The van der Waals surface area contributed by atoms with Gasteiger partial charge in [-0.3, -0.25) is 0 Å². The highest BCUT2D eigenvalue weighted by Crippen LogP contribution is 2.29. The number of sulfone groups is 1. The molecule has 0 fully saturated rings. The number of unbranched alkanes of at least 4 members (excludes halogenated alkanes) is 1. The molecule has 0 aromatic heterocycles. The Bertz CT molecular complexity index is 538. The monoisotopic (exact) mass is 323 g/mol. The summed E-state index contributed by atoms with van der Waals surface area (Å²) in [5.74, 6) is -0.0468. The van der Waals surface area contributed by atoms with Crippen LogP contribution in [0.4, 0.5) is 13.2 Å². The lowest BCUT2D eigenvalue weighted by atomic mass is 10.1. The van der Waals surface area contributed by atoms with E-state index in [4.69, 9.17) is 0 Å². The Labute approximate surface area is 123 Å². The Morgan fingerprint density at radius 2 is 1.71 bits per heavy atom. The summed E-state index contributed by atoms with van der Waals surface area (Å²) in [6.45, 7) is 2.00. The molecule has 21 heavy (non-hydrogen) atoms. The van der Waals surface area contributed by atoms with Crippen molar-refractivity contribution in [2.75, 3.05) is 12.8 Å². The molecule has 0 bridgehead atoms. The van der Waals surface area contributed by atoms with Crippen molar-refractivity contribution in [3.05, 3.63) is 29.8 Å². The molecule has 0 aliphatic heterocycles. The van der Waals surface area contributed by atoms with Gasteiger partial charge in [-0.2, -0.15) is 13.2 Å². The van der Waals surface area contributed by atoms with Gasteiger partial charge in [0.2, 0.25) is 0 Å². The van der Waals surface area contributed by atoms with Crippen molar-refractivity contribution < 1.29 is 21.6 Å². The second kappa shape index (κ2) is 7.26. The van der Waals surface area contributed by atoms with Crippen LogP contribution in [0.1, 0.15) is 31.7 Å². The molecule has 1 N–H and O–H groups in total.